The monoisotopic (exact) mass is 335 g/mol. The van der Waals surface area contributed by atoms with Gasteiger partial charge < -0.3 is 5.32 Å². The summed E-state index contributed by atoms with van der Waals surface area (Å²) in [6.07, 6.45) is -1.81. The minimum atomic E-state index is -4.46. The Bertz CT molecular complexity index is 627. The van der Waals surface area contributed by atoms with E-state index in [4.69, 9.17) is 11.6 Å². The fourth-order valence-electron chi connectivity index (χ4n) is 1.70. The molecule has 2 aromatic heterocycles. The highest BCUT2D eigenvalue weighted by Gasteiger charge is 2.31. The Labute approximate surface area is 129 Å². The zero-order valence-electron chi connectivity index (χ0n) is 11.3. The SMILES string of the molecule is CCc1cnc(C(C)Nc2cc(C(F)(F)F)cc(Cl)n2)s1. The lowest BCUT2D eigenvalue weighted by Crippen LogP contribution is -2.11. The van der Waals surface area contributed by atoms with Crippen molar-refractivity contribution in [3.05, 3.63) is 38.9 Å². The molecule has 0 amide bonds. The molecule has 1 atom stereocenters. The minimum Gasteiger partial charge on any atom is -0.361 e. The van der Waals surface area contributed by atoms with Crippen molar-refractivity contribution in [2.45, 2.75) is 32.5 Å². The zero-order valence-corrected chi connectivity index (χ0v) is 12.9. The van der Waals surface area contributed by atoms with Gasteiger partial charge >= 0.3 is 6.18 Å². The molecular formula is C13H13ClF3N3S. The van der Waals surface area contributed by atoms with Gasteiger partial charge in [0, 0.05) is 11.1 Å². The fourth-order valence-corrected chi connectivity index (χ4v) is 2.77. The van der Waals surface area contributed by atoms with Gasteiger partial charge in [0.1, 0.15) is 16.0 Å². The summed E-state index contributed by atoms with van der Waals surface area (Å²) >= 11 is 7.17. The van der Waals surface area contributed by atoms with Gasteiger partial charge in [0.05, 0.1) is 11.6 Å². The average Bonchev–Trinajstić information content (AvgIpc) is 2.85. The minimum absolute atomic E-state index is 0.0792. The molecule has 8 heteroatoms. The van der Waals surface area contributed by atoms with Crippen LogP contribution in [0.3, 0.4) is 0 Å². The van der Waals surface area contributed by atoms with Gasteiger partial charge in [0.15, 0.2) is 0 Å². The summed E-state index contributed by atoms with van der Waals surface area (Å²) in [4.78, 5) is 9.24. The predicted molar refractivity (Wildman–Crippen MR) is 77.8 cm³/mol. The summed E-state index contributed by atoms with van der Waals surface area (Å²) in [5.41, 5.74) is -0.828. The lowest BCUT2D eigenvalue weighted by Gasteiger charge is -2.14. The number of nitrogens with one attached hydrogen (secondary N) is 1. The first-order valence-electron chi connectivity index (χ1n) is 6.25. The van der Waals surface area contributed by atoms with Crippen LogP contribution in [0.15, 0.2) is 18.3 Å². The maximum atomic E-state index is 12.7. The van der Waals surface area contributed by atoms with Crippen molar-refractivity contribution in [3.8, 4) is 0 Å². The molecule has 1 N–H and O–H groups in total. The number of aromatic nitrogens is 2. The summed E-state index contributed by atoms with van der Waals surface area (Å²) in [5.74, 6) is 0.0792. The number of hydrogen-bond donors (Lipinski definition) is 1. The molecule has 3 nitrogen and oxygen atoms in total. The molecule has 0 fully saturated rings. The van der Waals surface area contributed by atoms with Crippen LogP contribution in [0, 0.1) is 0 Å². The Balaban J connectivity index is 2.20. The maximum absolute atomic E-state index is 12.7. The van der Waals surface area contributed by atoms with E-state index in [-0.39, 0.29) is 17.0 Å². The van der Waals surface area contributed by atoms with Crippen LogP contribution in [-0.4, -0.2) is 9.97 Å². The van der Waals surface area contributed by atoms with Crippen molar-refractivity contribution in [2.75, 3.05) is 5.32 Å². The number of nitrogens with zero attached hydrogens (tertiary/aromatic N) is 2. The smallest absolute Gasteiger partial charge is 0.361 e. The highest BCUT2D eigenvalue weighted by Crippen LogP contribution is 2.33. The number of halogens is 4. The molecule has 2 aromatic rings. The van der Waals surface area contributed by atoms with Crippen molar-refractivity contribution < 1.29 is 13.2 Å². The number of alkyl halides is 3. The third-order valence-corrected chi connectivity index (χ3v) is 4.29. The molecule has 2 heterocycles. The second kappa shape index (κ2) is 6.19. The van der Waals surface area contributed by atoms with Crippen LogP contribution < -0.4 is 5.32 Å². The van der Waals surface area contributed by atoms with E-state index < -0.39 is 11.7 Å². The molecule has 0 bridgehead atoms. The number of anilines is 1. The quantitative estimate of drug-likeness (QED) is 0.804. The van der Waals surface area contributed by atoms with Crippen molar-refractivity contribution >= 4 is 28.8 Å². The van der Waals surface area contributed by atoms with Crippen LogP contribution in [0.5, 0.6) is 0 Å². The number of aryl methyl sites for hydroxylation is 1. The van der Waals surface area contributed by atoms with Crippen LogP contribution in [0.25, 0.3) is 0 Å². The number of pyridine rings is 1. The van der Waals surface area contributed by atoms with E-state index in [1.165, 1.54) is 11.3 Å². The molecule has 21 heavy (non-hydrogen) atoms. The summed E-state index contributed by atoms with van der Waals surface area (Å²) in [6, 6.07) is 1.49. The van der Waals surface area contributed by atoms with E-state index >= 15 is 0 Å². The van der Waals surface area contributed by atoms with Crippen molar-refractivity contribution in [1.29, 1.82) is 0 Å². The molecule has 0 radical (unpaired) electrons. The highest BCUT2D eigenvalue weighted by atomic mass is 35.5. The van der Waals surface area contributed by atoms with E-state index in [0.717, 1.165) is 28.4 Å². The molecule has 1 unspecified atom stereocenters. The van der Waals surface area contributed by atoms with Crippen LogP contribution in [0.1, 0.15) is 35.3 Å². The predicted octanol–water partition coefficient (Wildman–Crippen LogP) is 4.95. The Kier molecular flexibility index (Phi) is 4.73. The molecule has 114 valence electrons. The van der Waals surface area contributed by atoms with Gasteiger partial charge in [-0.05, 0) is 25.5 Å². The molecule has 0 saturated carbocycles. The highest BCUT2D eigenvalue weighted by molar-refractivity contribution is 7.11. The Morgan fingerprint density at radius 3 is 2.67 bits per heavy atom. The summed E-state index contributed by atoms with van der Waals surface area (Å²) in [6.45, 7) is 3.83. The first-order valence-corrected chi connectivity index (χ1v) is 7.45. The number of rotatable bonds is 4. The van der Waals surface area contributed by atoms with Gasteiger partial charge in [-0.2, -0.15) is 13.2 Å². The summed E-state index contributed by atoms with van der Waals surface area (Å²) < 4.78 is 38.2. The Hall–Kier alpha value is -1.34. The molecule has 0 aromatic carbocycles. The van der Waals surface area contributed by atoms with E-state index in [1.54, 1.807) is 6.20 Å². The van der Waals surface area contributed by atoms with E-state index in [1.807, 2.05) is 13.8 Å². The third kappa shape index (κ3) is 4.07. The summed E-state index contributed by atoms with van der Waals surface area (Å²) in [7, 11) is 0. The average molecular weight is 336 g/mol. The Morgan fingerprint density at radius 1 is 1.38 bits per heavy atom. The maximum Gasteiger partial charge on any atom is 0.416 e. The molecule has 0 spiro atoms. The zero-order chi connectivity index (χ0) is 15.6. The van der Waals surface area contributed by atoms with Gasteiger partial charge in [0.25, 0.3) is 0 Å². The fraction of sp³-hybridized carbons (Fsp3) is 0.385. The third-order valence-electron chi connectivity index (χ3n) is 2.78. The topological polar surface area (TPSA) is 37.8 Å². The van der Waals surface area contributed by atoms with Gasteiger partial charge in [-0.1, -0.05) is 18.5 Å². The second-order valence-corrected chi connectivity index (χ2v) is 5.98. The molecule has 0 aliphatic carbocycles. The van der Waals surface area contributed by atoms with Gasteiger partial charge in [-0.25, -0.2) is 9.97 Å². The van der Waals surface area contributed by atoms with E-state index in [2.05, 4.69) is 15.3 Å². The Morgan fingerprint density at radius 2 is 2.10 bits per heavy atom. The van der Waals surface area contributed by atoms with Crippen molar-refractivity contribution in [2.24, 2.45) is 0 Å². The number of hydrogen-bond acceptors (Lipinski definition) is 4. The van der Waals surface area contributed by atoms with Gasteiger partial charge in [-0.3, -0.25) is 0 Å². The number of thiazole rings is 1. The molecule has 2 rings (SSSR count). The van der Waals surface area contributed by atoms with Gasteiger partial charge in [-0.15, -0.1) is 11.3 Å². The second-order valence-electron chi connectivity index (χ2n) is 4.45. The summed E-state index contributed by atoms with van der Waals surface area (Å²) in [5, 5.41) is 3.49. The van der Waals surface area contributed by atoms with E-state index in [9.17, 15) is 13.2 Å². The van der Waals surface area contributed by atoms with Crippen LogP contribution >= 0.6 is 22.9 Å². The standard InChI is InChI=1S/C13H13ClF3N3S/c1-3-9-6-18-12(21-9)7(2)19-11-5-8(13(15,16)17)4-10(14)20-11/h4-7H,3H2,1-2H3,(H,19,20). The van der Waals surface area contributed by atoms with Crippen LogP contribution in [0.4, 0.5) is 19.0 Å². The lowest BCUT2D eigenvalue weighted by atomic mass is 10.2. The molecule has 0 aliphatic heterocycles. The first-order chi connectivity index (χ1) is 9.79. The lowest BCUT2D eigenvalue weighted by molar-refractivity contribution is -0.137. The van der Waals surface area contributed by atoms with Gasteiger partial charge in [0.2, 0.25) is 0 Å². The normalized spacial score (nSPS) is 13.2. The molecule has 0 aliphatic rings. The van der Waals surface area contributed by atoms with Crippen molar-refractivity contribution in [1.82, 2.24) is 9.97 Å². The van der Waals surface area contributed by atoms with Crippen molar-refractivity contribution in [3.63, 3.8) is 0 Å². The first kappa shape index (κ1) is 16.0. The van der Waals surface area contributed by atoms with Crippen LogP contribution in [0.2, 0.25) is 5.15 Å². The van der Waals surface area contributed by atoms with E-state index in [0.29, 0.717) is 0 Å². The largest absolute Gasteiger partial charge is 0.416 e. The molecule has 0 saturated heterocycles. The van der Waals surface area contributed by atoms with Crippen LogP contribution in [-0.2, 0) is 12.6 Å². The molecular weight excluding hydrogens is 323 g/mol.